The maximum Gasteiger partial charge on any atom is -0.0235 e. The molecule has 0 aliphatic heterocycles. The van der Waals surface area contributed by atoms with E-state index in [-0.39, 0.29) is 0 Å². The molecule has 0 N–H and O–H groups in total. The topological polar surface area (TPSA) is 0 Å². The summed E-state index contributed by atoms with van der Waals surface area (Å²) in [5.74, 6) is 4.87. The third kappa shape index (κ3) is 1.67. The van der Waals surface area contributed by atoms with Gasteiger partial charge in [0.25, 0.3) is 0 Å². The molecule has 2 fully saturated rings. The molecule has 0 aromatic carbocycles. The molecule has 0 heteroatoms. The molecular formula is C12H21. The Morgan fingerprint density at radius 3 is 2.25 bits per heavy atom. The van der Waals surface area contributed by atoms with E-state index in [0.29, 0.717) is 0 Å². The second-order valence-corrected chi connectivity index (χ2v) is 4.91. The lowest BCUT2D eigenvalue weighted by Gasteiger charge is -2.27. The van der Waals surface area contributed by atoms with Crippen molar-refractivity contribution in [2.75, 3.05) is 0 Å². The molecule has 0 nitrogen and oxygen atoms in total. The Kier molecular flexibility index (Phi) is 2.43. The smallest absolute Gasteiger partial charge is 0.0235 e. The molecule has 2 saturated carbocycles. The number of hydrogen-bond acceptors (Lipinski definition) is 0. The van der Waals surface area contributed by atoms with Gasteiger partial charge in [0, 0.05) is 0 Å². The molecule has 12 heavy (non-hydrogen) atoms. The van der Waals surface area contributed by atoms with Gasteiger partial charge in [-0.1, -0.05) is 46.0 Å². The van der Waals surface area contributed by atoms with Gasteiger partial charge in [-0.3, -0.25) is 0 Å². The summed E-state index contributed by atoms with van der Waals surface area (Å²) in [5, 5.41) is 0. The molecule has 2 aliphatic rings. The van der Waals surface area contributed by atoms with Gasteiger partial charge in [-0.25, -0.2) is 0 Å². The zero-order chi connectivity index (χ0) is 8.55. The highest BCUT2D eigenvalue weighted by Gasteiger charge is 2.40. The molecule has 0 heterocycles. The molecule has 0 spiro atoms. The zero-order valence-electron chi connectivity index (χ0n) is 8.47. The van der Waals surface area contributed by atoms with Crippen LogP contribution in [0, 0.1) is 23.7 Å². The molecule has 2 aliphatic carbocycles. The van der Waals surface area contributed by atoms with Crippen LogP contribution in [-0.4, -0.2) is 0 Å². The Labute approximate surface area is 76.7 Å². The van der Waals surface area contributed by atoms with Gasteiger partial charge in [-0.15, -0.1) is 0 Å². The summed E-state index contributed by atoms with van der Waals surface area (Å²) in [4.78, 5) is 0. The molecule has 0 amide bonds. The molecule has 1 radical (unpaired) electrons. The lowest BCUT2D eigenvalue weighted by Crippen LogP contribution is -2.17. The molecule has 0 aromatic heterocycles. The van der Waals surface area contributed by atoms with E-state index < -0.39 is 0 Å². The average Bonchev–Trinajstić information content (AvgIpc) is 2.83. The predicted molar refractivity (Wildman–Crippen MR) is 52.8 cm³/mol. The van der Waals surface area contributed by atoms with Crippen molar-refractivity contribution in [3.05, 3.63) is 5.92 Å². The first-order valence-corrected chi connectivity index (χ1v) is 5.61. The minimum atomic E-state index is 1.00. The highest BCUT2D eigenvalue weighted by atomic mass is 14.5. The van der Waals surface area contributed by atoms with Crippen LogP contribution >= 0.6 is 0 Å². The van der Waals surface area contributed by atoms with Crippen molar-refractivity contribution in [3.63, 3.8) is 0 Å². The highest BCUT2D eigenvalue weighted by Crippen LogP contribution is 2.50. The van der Waals surface area contributed by atoms with Crippen LogP contribution in [0.15, 0.2) is 0 Å². The first kappa shape index (κ1) is 8.59. The standard InChI is InChI=1S/C12H21/c1-9-8-12(9)10(2)11-6-4-3-5-7-11/h10-12H,3-8H2,1-2H3. The summed E-state index contributed by atoms with van der Waals surface area (Å²) in [6.07, 6.45) is 8.98. The van der Waals surface area contributed by atoms with Crippen molar-refractivity contribution in [2.24, 2.45) is 17.8 Å². The van der Waals surface area contributed by atoms with Crippen LogP contribution in [0.5, 0.6) is 0 Å². The van der Waals surface area contributed by atoms with E-state index in [1.54, 1.807) is 5.92 Å². The molecule has 2 atom stereocenters. The van der Waals surface area contributed by atoms with Crippen LogP contribution in [0.1, 0.15) is 52.4 Å². The highest BCUT2D eigenvalue weighted by molar-refractivity contribution is 5.12. The van der Waals surface area contributed by atoms with Gasteiger partial charge in [0.2, 0.25) is 0 Å². The average molecular weight is 165 g/mol. The van der Waals surface area contributed by atoms with Crippen molar-refractivity contribution < 1.29 is 0 Å². The Hall–Kier alpha value is 0. The Morgan fingerprint density at radius 1 is 1.17 bits per heavy atom. The van der Waals surface area contributed by atoms with Gasteiger partial charge in [0.05, 0.1) is 0 Å². The molecule has 0 bridgehead atoms. The third-order valence-electron chi connectivity index (χ3n) is 4.04. The normalized spacial score (nSPS) is 35.0. The zero-order valence-corrected chi connectivity index (χ0v) is 8.47. The number of rotatable bonds is 2. The van der Waals surface area contributed by atoms with Crippen molar-refractivity contribution in [2.45, 2.75) is 52.4 Å². The molecule has 0 aromatic rings. The van der Waals surface area contributed by atoms with E-state index >= 15 is 0 Å². The fourth-order valence-electron chi connectivity index (χ4n) is 2.91. The van der Waals surface area contributed by atoms with E-state index in [4.69, 9.17) is 0 Å². The minimum absolute atomic E-state index is 1.00. The quantitative estimate of drug-likeness (QED) is 0.583. The minimum Gasteiger partial charge on any atom is -0.0620 e. The fourth-order valence-corrected chi connectivity index (χ4v) is 2.91. The monoisotopic (exact) mass is 165 g/mol. The fraction of sp³-hybridized carbons (Fsp3) is 0.917. The van der Waals surface area contributed by atoms with Gasteiger partial charge in [0.15, 0.2) is 0 Å². The van der Waals surface area contributed by atoms with E-state index in [0.717, 1.165) is 17.8 Å². The first-order chi connectivity index (χ1) is 5.79. The second-order valence-electron chi connectivity index (χ2n) is 4.91. The largest absolute Gasteiger partial charge is 0.0620 e. The van der Waals surface area contributed by atoms with Gasteiger partial charge in [-0.2, -0.15) is 0 Å². The lowest BCUT2D eigenvalue weighted by atomic mass is 9.78. The maximum atomic E-state index is 2.48. The Morgan fingerprint density at radius 2 is 1.75 bits per heavy atom. The van der Waals surface area contributed by atoms with Crippen LogP contribution in [0.4, 0.5) is 0 Å². The van der Waals surface area contributed by atoms with Gasteiger partial charge < -0.3 is 0 Å². The molecule has 2 unspecified atom stereocenters. The lowest BCUT2D eigenvalue weighted by molar-refractivity contribution is 0.243. The summed E-state index contributed by atoms with van der Waals surface area (Å²) in [7, 11) is 0. The van der Waals surface area contributed by atoms with Gasteiger partial charge in [-0.05, 0) is 30.1 Å². The van der Waals surface area contributed by atoms with E-state index in [9.17, 15) is 0 Å². The van der Waals surface area contributed by atoms with Crippen LogP contribution in [0.25, 0.3) is 0 Å². The van der Waals surface area contributed by atoms with Crippen molar-refractivity contribution in [3.8, 4) is 0 Å². The summed E-state index contributed by atoms with van der Waals surface area (Å²) < 4.78 is 0. The van der Waals surface area contributed by atoms with Crippen LogP contribution in [-0.2, 0) is 0 Å². The molecule has 2 rings (SSSR count). The molecule has 0 saturated heterocycles. The number of hydrogen-bond donors (Lipinski definition) is 0. The van der Waals surface area contributed by atoms with Crippen molar-refractivity contribution in [1.29, 1.82) is 0 Å². The summed E-state index contributed by atoms with van der Waals surface area (Å²) in [5.41, 5.74) is 0. The summed E-state index contributed by atoms with van der Waals surface area (Å²) in [6, 6.07) is 0. The second kappa shape index (κ2) is 3.40. The van der Waals surface area contributed by atoms with Crippen molar-refractivity contribution in [1.82, 2.24) is 0 Å². The van der Waals surface area contributed by atoms with Crippen LogP contribution in [0.3, 0.4) is 0 Å². The summed E-state index contributed by atoms with van der Waals surface area (Å²) >= 11 is 0. The van der Waals surface area contributed by atoms with E-state index in [2.05, 4.69) is 13.8 Å². The SMILES string of the molecule is C[C]1CC1C(C)C1CCCCC1. The Balaban J connectivity index is 1.82. The molecular weight excluding hydrogens is 144 g/mol. The van der Waals surface area contributed by atoms with Gasteiger partial charge >= 0.3 is 0 Å². The Bertz CT molecular complexity index is 144. The predicted octanol–water partition coefficient (Wildman–Crippen LogP) is 3.82. The third-order valence-corrected chi connectivity index (χ3v) is 4.04. The van der Waals surface area contributed by atoms with E-state index in [1.165, 1.54) is 38.5 Å². The first-order valence-electron chi connectivity index (χ1n) is 5.61. The molecule has 69 valence electrons. The van der Waals surface area contributed by atoms with Crippen LogP contribution in [0.2, 0.25) is 0 Å². The maximum absolute atomic E-state index is 2.48. The summed E-state index contributed by atoms with van der Waals surface area (Å²) in [6.45, 7) is 4.82. The van der Waals surface area contributed by atoms with E-state index in [1.807, 2.05) is 0 Å². The van der Waals surface area contributed by atoms with Crippen molar-refractivity contribution >= 4 is 0 Å². The van der Waals surface area contributed by atoms with Gasteiger partial charge in [0.1, 0.15) is 0 Å². The van der Waals surface area contributed by atoms with Crippen LogP contribution < -0.4 is 0 Å².